The smallest absolute Gasteiger partial charge is 0.295 e. The van der Waals surface area contributed by atoms with Crippen LogP contribution in [0.4, 0.5) is 0 Å². The lowest BCUT2D eigenvalue weighted by Gasteiger charge is -2.31. The molecular formula is C26H30N2O6. The first-order chi connectivity index (χ1) is 16.4. The summed E-state index contributed by atoms with van der Waals surface area (Å²) in [6.45, 7) is 5.65. The Hall–Kier alpha value is -3.36. The summed E-state index contributed by atoms with van der Waals surface area (Å²) >= 11 is 0. The Kier molecular flexibility index (Phi) is 7.19. The molecule has 8 heteroatoms. The van der Waals surface area contributed by atoms with Crippen molar-refractivity contribution in [2.75, 3.05) is 53.6 Å². The van der Waals surface area contributed by atoms with Crippen LogP contribution in [0.15, 0.2) is 48.0 Å². The Morgan fingerprint density at radius 2 is 1.74 bits per heavy atom. The number of aliphatic hydroxyl groups excluding tert-OH is 1. The van der Waals surface area contributed by atoms with Gasteiger partial charge in [-0.15, -0.1) is 0 Å². The standard InChI is InChI=1S/C26H30N2O6/c1-17-4-6-18(7-5-17)24(29)22-23(20-16-19(32-2)8-9-21(20)33-3)28(26(31)25(22)30)11-10-27-12-14-34-15-13-27/h4-9,16,23,29H,10-15H2,1-3H3/t23-/m0/s1. The van der Waals surface area contributed by atoms with Gasteiger partial charge in [-0.05, 0) is 25.1 Å². The van der Waals surface area contributed by atoms with Crippen LogP contribution in [0.5, 0.6) is 11.5 Å². The van der Waals surface area contributed by atoms with E-state index in [1.54, 1.807) is 37.4 Å². The largest absolute Gasteiger partial charge is 0.507 e. The van der Waals surface area contributed by atoms with Crippen molar-refractivity contribution < 1.29 is 28.9 Å². The van der Waals surface area contributed by atoms with Gasteiger partial charge in [0.15, 0.2) is 0 Å². The summed E-state index contributed by atoms with van der Waals surface area (Å²) in [5.41, 5.74) is 2.12. The van der Waals surface area contributed by atoms with Crippen LogP contribution < -0.4 is 9.47 Å². The predicted octanol–water partition coefficient (Wildman–Crippen LogP) is 2.77. The number of carbonyl (C=O) groups is 2. The Morgan fingerprint density at radius 3 is 2.38 bits per heavy atom. The fourth-order valence-corrected chi connectivity index (χ4v) is 4.43. The van der Waals surface area contributed by atoms with Crippen LogP contribution in [-0.2, 0) is 14.3 Å². The molecule has 0 saturated carbocycles. The van der Waals surface area contributed by atoms with Crippen molar-refractivity contribution in [1.82, 2.24) is 9.80 Å². The first-order valence-corrected chi connectivity index (χ1v) is 11.3. The maximum atomic E-state index is 13.3. The van der Waals surface area contributed by atoms with Crippen molar-refractivity contribution in [3.05, 3.63) is 64.7 Å². The zero-order valence-electron chi connectivity index (χ0n) is 19.7. The molecule has 2 aromatic carbocycles. The van der Waals surface area contributed by atoms with E-state index in [1.165, 1.54) is 12.0 Å². The average molecular weight is 467 g/mol. The second-order valence-electron chi connectivity index (χ2n) is 8.42. The molecule has 2 aliphatic rings. The number of hydrogen-bond donors (Lipinski definition) is 1. The van der Waals surface area contributed by atoms with E-state index in [0.29, 0.717) is 48.9 Å². The summed E-state index contributed by atoms with van der Waals surface area (Å²) in [4.78, 5) is 30.2. The molecule has 2 aromatic rings. The molecule has 0 aliphatic carbocycles. The van der Waals surface area contributed by atoms with Crippen LogP contribution in [0, 0.1) is 6.92 Å². The van der Waals surface area contributed by atoms with Crippen molar-refractivity contribution in [2.45, 2.75) is 13.0 Å². The van der Waals surface area contributed by atoms with E-state index in [2.05, 4.69) is 4.90 Å². The van der Waals surface area contributed by atoms with E-state index >= 15 is 0 Å². The number of aryl methyl sites for hydroxylation is 1. The third-order valence-electron chi connectivity index (χ3n) is 6.36. The van der Waals surface area contributed by atoms with Gasteiger partial charge in [0, 0.05) is 37.3 Å². The van der Waals surface area contributed by atoms with Crippen LogP contribution in [0.3, 0.4) is 0 Å². The van der Waals surface area contributed by atoms with Crippen molar-refractivity contribution in [2.24, 2.45) is 0 Å². The maximum absolute atomic E-state index is 13.3. The van der Waals surface area contributed by atoms with Gasteiger partial charge in [0.2, 0.25) is 0 Å². The summed E-state index contributed by atoms with van der Waals surface area (Å²) in [5, 5.41) is 11.2. The number of Topliss-reactive ketones (excluding diaryl/α,β-unsaturated/α-hetero) is 1. The first kappa shape index (κ1) is 23.8. The number of amides is 1. The minimum atomic E-state index is -0.813. The Morgan fingerprint density at radius 1 is 1.03 bits per heavy atom. The Balaban J connectivity index is 1.81. The summed E-state index contributed by atoms with van der Waals surface area (Å²) in [6, 6.07) is 11.6. The summed E-state index contributed by atoms with van der Waals surface area (Å²) < 4.78 is 16.4. The van der Waals surface area contributed by atoms with Crippen LogP contribution in [0.2, 0.25) is 0 Å². The molecule has 1 N–H and O–H groups in total. The minimum absolute atomic E-state index is 0.0439. The highest BCUT2D eigenvalue weighted by atomic mass is 16.5. The summed E-state index contributed by atoms with van der Waals surface area (Å²) in [5.74, 6) is -0.502. The number of ether oxygens (including phenoxy) is 3. The predicted molar refractivity (Wildman–Crippen MR) is 127 cm³/mol. The van der Waals surface area contributed by atoms with E-state index in [1.807, 2.05) is 19.1 Å². The number of carbonyl (C=O) groups excluding carboxylic acids is 2. The molecular weight excluding hydrogens is 436 g/mol. The molecule has 0 radical (unpaired) electrons. The molecule has 34 heavy (non-hydrogen) atoms. The van der Waals surface area contributed by atoms with E-state index in [4.69, 9.17) is 14.2 Å². The fraction of sp³-hybridized carbons (Fsp3) is 0.385. The average Bonchev–Trinajstić information content (AvgIpc) is 3.12. The maximum Gasteiger partial charge on any atom is 0.295 e. The quantitative estimate of drug-likeness (QED) is 0.381. The van der Waals surface area contributed by atoms with E-state index < -0.39 is 17.7 Å². The number of aliphatic hydroxyl groups is 1. The zero-order valence-corrected chi connectivity index (χ0v) is 19.7. The van der Waals surface area contributed by atoms with Gasteiger partial charge in [-0.1, -0.05) is 29.8 Å². The number of nitrogens with zero attached hydrogens (tertiary/aromatic N) is 2. The number of likely N-dealkylation sites (tertiary alicyclic amines) is 1. The van der Waals surface area contributed by atoms with Crippen LogP contribution in [-0.4, -0.2) is 80.2 Å². The molecule has 4 rings (SSSR count). The van der Waals surface area contributed by atoms with Crippen molar-refractivity contribution in [3.8, 4) is 11.5 Å². The molecule has 1 atom stereocenters. The lowest BCUT2D eigenvalue weighted by atomic mass is 9.94. The lowest BCUT2D eigenvalue weighted by Crippen LogP contribution is -2.42. The molecule has 2 aliphatic heterocycles. The van der Waals surface area contributed by atoms with Crippen molar-refractivity contribution in [1.29, 1.82) is 0 Å². The molecule has 0 spiro atoms. The van der Waals surface area contributed by atoms with Crippen LogP contribution >= 0.6 is 0 Å². The van der Waals surface area contributed by atoms with Crippen molar-refractivity contribution in [3.63, 3.8) is 0 Å². The normalized spacial score (nSPS) is 20.6. The van der Waals surface area contributed by atoms with E-state index in [-0.39, 0.29) is 11.3 Å². The van der Waals surface area contributed by atoms with Gasteiger partial charge in [-0.3, -0.25) is 14.5 Å². The van der Waals surface area contributed by atoms with Crippen LogP contribution in [0.1, 0.15) is 22.7 Å². The number of benzene rings is 2. The zero-order chi connectivity index (χ0) is 24.2. The highest BCUT2D eigenvalue weighted by molar-refractivity contribution is 6.46. The monoisotopic (exact) mass is 466 g/mol. The SMILES string of the molecule is COc1ccc(OC)c([C@H]2C(=C(O)c3ccc(C)cc3)C(=O)C(=O)N2CCN2CCOCC2)c1. The molecule has 1 amide bonds. The van der Waals surface area contributed by atoms with Gasteiger partial charge in [-0.25, -0.2) is 0 Å². The van der Waals surface area contributed by atoms with Crippen molar-refractivity contribution >= 4 is 17.4 Å². The number of methoxy groups -OCH3 is 2. The minimum Gasteiger partial charge on any atom is -0.507 e. The number of ketones is 1. The third kappa shape index (κ3) is 4.64. The summed E-state index contributed by atoms with van der Waals surface area (Å²) in [6.07, 6.45) is 0. The Labute approximate surface area is 199 Å². The Bertz CT molecular complexity index is 1090. The van der Waals surface area contributed by atoms with Gasteiger partial charge in [0.05, 0.1) is 39.0 Å². The lowest BCUT2D eigenvalue weighted by molar-refractivity contribution is -0.140. The molecule has 2 fully saturated rings. The third-order valence-corrected chi connectivity index (χ3v) is 6.36. The second-order valence-corrected chi connectivity index (χ2v) is 8.42. The van der Waals surface area contributed by atoms with E-state index in [0.717, 1.165) is 18.7 Å². The van der Waals surface area contributed by atoms with Crippen LogP contribution in [0.25, 0.3) is 5.76 Å². The first-order valence-electron chi connectivity index (χ1n) is 11.3. The molecule has 0 aromatic heterocycles. The van der Waals surface area contributed by atoms with Gasteiger partial charge in [0.25, 0.3) is 11.7 Å². The number of morpholine rings is 1. The molecule has 0 unspecified atom stereocenters. The molecule has 2 saturated heterocycles. The molecule has 180 valence electrons. The fourth-order valence-electron chi connectivity index (χ4n) is 4.43. The second kappa shape index (κ2) is 10.3. The van der Waals surface area contributed by atoms with Gasteiger partial charge in [0.1, 0.15) is 17.3 Å². The van der Waals surface area contributed by atoms with E-state index in [9.17, 15) is 14.7 Å². The molecule has 2 heterocycles. The number of hydrogen-bond acceptors (Lipinski definition) is 7. The van der Waals surface area contributed by atoms with Gasteiger partial charge >= 0.3 is 0 Å². The highest BCUT2D eigenvalue weighted by Crippen LogP contribution is 2.43. The topological polar surface area (TPSA) is 88.5 Å². The summed E-state index contributed by atoms with van der Waals surface area (Å²) in [7, 11) is 3.08. The van der Waals surface area contributed by atoms with Gasteiger partial charge in [-0.2, -0.15) is 0 Å². The molecule has 0 bridgehead atoms. The van der Waals surface area contributed by atoms with Gasteiger partial charge < -0.3 is 24.2 Å². The number of rotatable bonds is 7. The highest BCUT2D eigenvalue weighted by Gasteiger charge is 2.47. The molecule has 8 nitrogen and oxygen atoms in total.